The van der Waals surface area contributed by atoms with E-state index < -0.39 is 5.97 Å². The van der Waals surface area contributed by atoms with Crippen molar-refractivity contribution in [2.45, 2.75) is 6.54 Å². The molecule has 1 aliphatic rings. The fourth-order valence-corrected chi connectivity index (χ4v) is 2.53. The Balaban J connectivity index is 0.00000192. The third kappa shape index (κ3) is 3.14. The van der Waals surface area contributed by atoms with Crippen molar-refractivity contribution in [2.75, 3.05) is 20.2 Å². The van der Waals surface area contributed by atoms with Crippen molar-refractivity contribution in [3.05, 3.63) is 36.3 Å². The van der Waals surface area contributed by atoms with Crippen molar-refractivity contribution in [2.24, 2.45) is 0 Å². The topological polar surface area (TPSA) is 84.7 Å². The molecule has 0 fully saturated rings. The largest absolute Gasteiger partial charge is 0.497 e. The highest BCUT2D eigenvalue weighted by atomic mass is 35.5. The number of fused-ring (bicyclic) bond motifs is 1. The molecule has 1 aliphatic heterocycles. The zero-order chi connectivity index (χ0) is 15.7. The number of benzene rings is 1. The molecule has 1 aromatic heterocycles. The maximum atomic E-state index is 12.5. The number of methoxy groups -OCH3 is 1. The number of imidazole rings is 1. The van der Waals surface area contributed by atoms with Gasteiger partial charge in [-0.1, -0.05) is 0 Å². The van der Waals surface area contributed by atoms with E-state index in [0.29, 0.717) is 24.5 Å². The lowest BCUT2D eigenvalue weighted by molar-refractivity contribution is -0.137. The van der Waals surface area contributed by atoms with E-state index in [-0.39, 0.29) is 24.9 Å². The van der Waals surface area contributed by atoms with Gasteiger partial charge in [0.05, 0.1) is 13.4 Å². The fraction of sp³-hybridized carbons (Fsp3) is 0.267. The highest BCUT2D eigenvalue weighted by Gasteiger charge is 2.29. The monoisotopic (exact) mass is 337 g/mol. The smallest absolute Gasteiger partial charge is 0.323 e. The molecule has 1 aromatic carbocycles. The lowest BCUT2D eigenvalue weighted by Crippen LogP contribution is -2.42. The third-order valence-corrected chi connectivity index (χ3v) is 3.63. The zero-order valence-electron chi connectivity index (χ0n) is 12.4. The average Bonchev–Trinajstić information content (AvgIpc) is 2.94. The number of carbonyl (C=O) groups excluding carboxylic acids is 1. The summed E-state index contributed by atoms with van der Waals surface area (Å²) < 4.78 is 6.88. The van der Waals surface area contributed by atoms with Crippen molar-refractivity contribution < 1.29 is 19.4 Å². The number of hydrogen-bond donors (Lipinski definition) is 1. The molecule has 122 valence electrons. The summed E-state index contributed by atoms with van der Waals surface area (Å²) >= 11 is 0. The first kappa shape index (κ1) is 16.8. The molecule has 0 unspecified atom stereocenters. The molecule has 23 heavy (non-hydrogen) atoms. The SMILES string of the molecule is COc1ccc(-c2ncn3c2C(=O)N(CC(=O)O)CC3)cc1.Cl. The molecule has 0 bridgehead atoms. The van der Waals surface area contributed by atoms with Crippen molar-refractivity contribution in [1.29, 1.82) is 0 Å². The predicted molar refractivity (Wildman–Crippen MR) is 85.0 cm³/mol. The number of rotatable bonds is 4. The van der Waals surface area contributed by atoms with Gasteiger partial charge in [0.2, 0.25) is 0 Å². The number of carboxylic acids is 1. The van der Waals surface area contributed by atoms with E-state index in [1.54, 1.807) is 30.1 Å². The van der Waals surface area contributed by atoms with Gasteiger partial charge in [-0.3, -0.25) is 9.59 Å². The van der Waals surface area contributed by atoms with Gasteiger partial charge in [0, 0.05) is 18.7 Å². The van der Waals surface area contributed by atoms with Gasteiger partial charge < -0.3 is 19.3 Å². The first-order chi connectivity index (χ1) is 10.6. The molecule has 1 amide bonds. The van der Waals surface area contributed by atoms with E-state index in [1.165, 1.54) is 4.90 Å². The van der Waals surface area contributed by atoms with Gasteiger partial charge in [-0.05, 0) is 24.3 Å². The van der Waals surface area contributed by atoms with Crippen LogP contribution < -0.4 is 4.74 Å². The van der Waals surface area contributed by atoms with Gasteiger partial charge in [-0.15, -0.1) is 12.4 Å². The molecule has 3 rings (SSSR count). The second kappa shape index (κ2) is 6.70. The molecular weight excluding hydrogens is 322 g/mol. The number of carboxylic acid groups (broad SMARTS) is 1. The van der Waals surface area contributed by atoms with Crippen LogP contribution in [0.4, 0.5) is 0 Å². The molecule has 8 heteroatoms. The summed E-state index contributed by atoms with van der Waals surface area (Å²) in [5.41, 5.74) is 1.78. The van der Waals surface area contributed by atoms with E-state index in [0.717, 1.165) is 11.3 Å². The Morgan fingerprint density at radius 3 is 2.61 bits per heavy atom. The predicted octanol–water partition coefficient (Wildman–Crippen LogP) is 1.52. The summed E-state index contributed by atoms with van der Waals surface area (Å²) in [6.07, 6.45) is 1.62. The number of aromatic nitrogens is 2. The number of hydrogen-bond acceptors (Lipinski definition) is 4. The van der Waals surface area contributed by atoms with Gasteiger partial charge in [-0.2, -0.15) is 0 Å². The maximum Gasteiger partial charge on any atom is 0.323 e. The minimum Gasteiger partial charge on any atom is -0.497 e. The highest BCUT2D eigenvalue weighted by Crippen LogP contribution is 2.27. The number of halogens is 1. The summed E-state index contributed by atoms with van der Waals surface area (Å²) in [5, 5.41) is 8.90. The number of nitrogens with zero attached hydrogens (tertiary/aromatic N) is 3. The van der Waals surface area contributed by atoms with E-state index in [1.807, 2.05) is 12.1 Å². The van der Waals surface area contributed by atoms with E-state index in [9.17, 15) is 9.59 Å². The summed E-state index contributed by atoms with van der Waals surface area (Å²) in [6, 6.07) is 7.24. The molecule has 2 aromatic rings. The Hall–Kier alpha value is -2.54. The van der Waals surface area contributed by atoms with Crippen LogP contribution in [0.25, 0.3) is 11.3 Å². The lowest BCUT2D eigenvalue weighted by Gasteiger charge is -2.26. The van der Waals surface area contributed by atoms with Crippen LogP contribution in [0.1, 0.15) is 10.5 Å². The quantitative estimate of drug-likeness (QED) is 0.914. The molecule has 1 N–H and O–H groups in total. The summed E-state index contributed by atoms with van der Waals surface area (Å²) in [6.45, 7) is 0.611. The number of amides is 1. The molecule has 0 saturated carbocycles. The zero-order valence-corrected chi connectivity index (χ0v) is 13.2. The van der Waals surface area contributed by atoms with Gasteiger partial charge in [0.1, 0.15) is 23.7 Å². The van der Waals surface area contributed by atoms with Crippen molar-refractivity contribution in [3.8, 4) is 17.0 Å². The molecule has 0 spiro atoms. The van der Waals surface area contributed by atoms with Crippen LogP contribution >= 0.6 is 12.4 Å². The van der Waals surface area contributed by atoms with Crippen molar-refractivity contribution in [1.82, 2.24) is 14.5 Å². The molecule has 0 radical (unpaired) electrons. The van der Waals surface area contributed by atoms with Gasteiger partial charge in [0.25, 0.3) is 5.91 Å². The van der Waals surface area contributed by atoms with Crippen LogP contribution in [-0.4, -0.2) is 51.6 Å². The van der Waals surface area contributed by atoms with E-state index in [4.69, 9.17) is 9.84 Å². The molecule has 0 aliphatic carbocycles. The standard InChI is InChI=1S/C15H15N3O4.ClH/c1-22-11-4-2-10(3-5-11)13-14-15(21)17(8-12(19)20)6-7-18(14)9-16-13;/h2-5,9H,6-8H2,1H3,(H,19,20);1H. The van der Waals surface area contributed by atoms with Gasteiger partial charge in [-0.25, -0.2) is 4.98 Å². The van der Waals surface area contributed by atoms with Gasteiger partial charge >= 0.3 is 5.97 Å². The van der Waals surface area contributed by atoms with Crippen molar-refractivity contribution in [3.63, 3.8) is 0 Å². The summed E-state index contributed by atoms with van der Waals surface area (Å²) in [4.78, 5) is 29.0. The summed E-state index contributed by atoms with van der Waals surface area (Å²) in [5.74, 6) is -0.611. The fourth-order valence-electron chi connectivity index (χ4n) is 2.53. The minimum absolute atomic E-state index is 0. The molecule has 2 heterocycles. The van der Waals surface area contributed by atoms with Crippen LogP contribution in [0.5, 0.6) is 5.75 Å². The molecule has 0 saturated heterocycles. The maximum absolute atomic E-state index is 12.5. The number of aliphatic carboxylic acids is 1. The van der Waals surface area contributed by atoms with Crippen LogP contribution in [0.15, 0.2) is 30.6 Å². The summed E-state index contributed by atoms with van der Waals surface area (Å²) in [7, 11) is 1.58. The number of carbonyl (C=O) groups is 2. The first-order valence-electron chi connectivity index (χ1n) is 6.81. The Labute approximate surface area is 138 Å². The Morgan fingerprint density at radius 2 is 2.00 bits per heavy atom. The van der Waals surface area contributed by atoms with Crippen LogP contribution in [0.3, 0.4) is 0 Å². The van der Waals surface area contributed by atoms with E-state index >= 15 is 0 Å². The molecule has 0 atom stereocenters. The number of ether oxygens (including phenoxy) is 1. The third-order valence-electron chi connectivity index (χ3n) is 3.63. The highest BCUT2D eigenvalue weighted by molar-refractivity contribution is 6.00. The Kier molecular flexibility index (Phi) is 4.90. The van der Waals surface area contributed by atoms with Crippen LogP contribution in [-0.2, 0) is 11.3 Å². The first-order valence-corrected chi connectivity index (χ1v) is 6.81. The average molecular weight is 338 g/mol. The molecule has 7 nitrogen and oxygen atoms in total. The molecular formula is C15H16ClN3O4. The van der Waals surface area contributed by atoms with Gasteiger partial charge in [0.15, 0.2) is 0 Å². The van der Waals surface area contributed by atoms with Crippen molar-refractivity contribution >= 4 is 24.3 Å². The lowest BCUT2D eigenvalue weighted by atomic mass is 10.1. The minimum atomic E-state index is -1.02. The second-order valence-corrected chi connectivity index (χ2v) is 4.98. The Morgan fingerprint density at radius 1 is 1.30 bits per heavy atom. The van der Waals surface area contributed by atoms with E-state index in [2.05, 4.69) is 4.98 Å². The Bertz CT molecular complexity index is 727. The normalized spacial score (nSPS) is 13.3. The van der Waals surface area contributed by atoms with Crippen LogP contribution in [0.2, 0.25) is 0 Å². The van der Waals surface area contributed by atoms with Crippen LogP contribution in [0, 0.1) is 0 Å². The second-order valence-electron chi connectivity index (χ2n) is 4.98.